The van der Waals surface area contributed by atoms with E-state index in [1.165, 1.54) is 0 Å². The van der Waals surface area contributed by atoms with Crippen molar-refractivity contribution in [1.29, 1.82) is 0 Å². The molecule has 0 N–H and O–H groups in total. The quantitative estimate of drug-likeness (QED) is 0.604. The van der Waals surface area contributed by atoms with Crippen molar-refractivity contribution in [3.05, 3.63) is 29.6 Å². The molecule has 170 valence electrons. The number of aromatic nitrogens is 3. The van der Waals surface area contributed by atoms with Gasteiger partial charge in [0.25, 0.3) is 5.91 Å². The molecule has 1 fully saturated rings. The summed E-state index contributed by atoms with van der Waals surface area (Å²) in [5.74, 6) is 2.03. The third-order valence-corrected chi connectivity index (χ3v) is 5.82. The van der Waals surface area contributed by atoms with Gasteiger partial charge in [-0.1, -0.05) is 5.21 Å². The number of likely N-dealkylation sites (tertiary alicyclic amines) is 1. The summed E-state index contributed by atoms with van der Waals surface area (Å²) in [6.07, 6.45) is 3.83. The highest BCUT2D eigenvalue weighted by molar-refractivity contribution is 5.91. The first-order chi connectivity index (χ1) is 15.0. The Labute approximate surface area is 183 Å². The molecule has 0 saturated carbocycles. The fourth-order valence-electron chi connectivity index (χ4n) is 4.07. The summed E-state index contributed by atoms with van der Waals surface area (Å²) in [5.41, 5.74) is 1.44. The van der Waals surface area contributed by atoms with E-state index in [-0.39, 0.29) is 11.9 Å². The van der Waals surface area contributed by atoms with Crippen LogP contribution in [0.25, 0.3) is 0 Å². The molecule has 1 atom stereocenters. The van der Waals surface area contributed by atoms with Gasteiger partial charge in [-0.15, -0.1) is 5.10 Å². The van der Waals surface area contributed by atoms with Crippen LogP contribution in [0.2, 0.25) is 0 Å². The van der Waals surface area contributed by atoms with E-state index in [2.05, 4.69) is 15.2 Å². The minimum absolute atomic E-state index is 0.0704. The second-order valence-corrected chi connectivity index (χ2v) is 7.61. The van der Waals surface area contributed by atoms with Gasteiger partial charge >= 0.3 is 0 Å². The van der Waals surface area contributed by atoms with Crippen LogP contribution >= 0.6 is 0 Å². The van der Waals surface area contributed by atoms with Gasteiger partial charge in [-0.2, -0.15) is 0 Å². The molecule has 1 aromatic carbocycles. The van der Waals surface area contributed by atoms with Crippen LogP contribution in [0, 0.1) is 0 Å². The third-order valence-electron chi connectivity index (χ3n) is 5.82. The highest BCUT2D eigenvalue weighted by Crippen LogP contribution is 2.36. The number of nitrogens with zero attached hydrogens (tertiary/aromatic N) is 5. The average molecular weight is 432 g/mol. The molecule has 0 radical (unpaired) electrons. The van der Waals surface area contributed by atoms with E-state index in [1.54, 1.807) is 32.4 Å². The molecule has 31 heavy (non-hydrogen) atoms. The van der Waals surface area contributed by atoms with Crippen LogP contribution < -0.4 is 14.2 Å². The third kappa shape index (κ3) is 5.10. The number of carbonyl (C=O) groups is 1. The number of piperidine rings is 1. The van der Waals surface area contributed by atoms with Crippen LogP contribution in [0.1, 0.15) is 48.8 Å². The molecule has 3 rings (SSSR count). The van der Waals surface area contributed by atoms with Crippen molar-refractivity contribution in [2.45, 2.75) is 39.3 Å². The van der Waals surface area contributed by atoms with E-state index in [1.807, 2.05) is 30.7 Å². The molecule has 1 aliphatic heterocycles. The summed E-state index contributed by atoms with van der Waals surface area (Å²) in [4.78, 5) is 16.7. The molecular weight excluding hydrogens is 398 g/mol. The molecule has 0 spiro atoms. The van der Waals surface area contributed by atoms with Gasteiger partial charge in [-0.3, -0.25) is 9.69 Å². The highest BCUT2D eigenvalue weighted by Gasteiger charge is 2.25. The lowest BCUT2D eigenvalue weighted by molar-refractivity contribution is 0.0767. The molecule has 0 aliphatic carbocycles. The van der Waals surface area contributed by atoms with Gasteiger partial charge in [0, 0.05) is 37.8 Å². The van der Waals surface area contributed by atoms with Crippen molar-refractivity contribution < 1.29 is 19.0 Å². The number of methoxy groups -OCH3 is 3. The summed E-state index contributed by atoms with van der Waals surface area (Å²) >= 11 is 0. The van der Waals surface area contributed by atoms with E-state index >= 15 is 0 Å². The zero-order valence-electron chi connectivity index (χ0n) is 19.1. The van der Waals surface area contributed by atoms with E-state index in [0.717, 1.165) is 43.8 Å². The molecule has 1 aromatic heterocycles. The summed E-state index contributed by atoms with van der Waals surface area (Å²) in [6.45, 7) is 7.77. The lowest BCUT2D eigenvalue weighted by Gasteiger charge is -2.33. The number of hydrogen-bond donors (Lipinski definition) is 0. The van der Waals surface area contributed by atoms with Crippen molar-refractivity contribution in [2.75, 3.05) is 47.5 Å². The van der Waals surface area contributed by atoms with Crippen molar-refractivity contribution in [2.24, 2.45) is 0 Å². The predicted molar refractivity (Wildman–Crippen MR) is 117 cm³/mol. The normalized spacial score (nSPS) is 16.7. The molecule has 0 unspecified atom stereocenters. The molecule has 2 heterocycles. The van der Waals surface area contributed by atoms with Gasteiger partial charge < -0.3 is 19.1 Å². The standard InChI is InChI=1S/C22H33N5O4/c1-6-26(7-2)22(28)18-15-27(24-23-18)17-9-8-10-25(14-17)13-16-11-20(30-4)21(31-5)12-19(16)29-3/h11-12,15,17H,6-10,13-14H2,1-5H3/t17-/m0/s1. The average Bonchev–Trinajstić information content (AvgIpc) is 3.30. The second-order valence-electron chi connectivity index (χ2n) is 7.61. The molecular formula is C22H33N5O4. The minimum atomic E-state index is -0.0704. The topological polar surface area (TPSA) is 82.0 Å². The Morgan fingerprint density at radius 3 is 2.42 bits per heavy atom. The van der Waals surface area contributed by atoms with Crippen molar-refractivity contribution in [1.82, 2.24) is 24.8 Å². The fourth-order valence-corrected chi connectivity index (χ4v) is 4.07. The summed E-state index contributed by atoms with van der Waals surface area (Å²) in [5, 5.41) is 8.41. The lowest BCUT2D eigenvalue weighted by Crippen LogP contribution is -2.36. The summed E-state index contributed by atoms with van der Waals surface area (Å²) in [6, 6.07) is 4.00. The Bertz CT molecular complexity index is 881. The highest BCUT2D eigenvalue weighted by atomic mass is 16.5. The Hall–Kier alpha value is -2.81. The zero-order chi connectivity index (χ0) is 22.4. The van der Waals surface area contributed by atoms with E-state index in [9.17, 15) is 4.79 Å². The Balaban J connectivity index is 1.73. The maximum Gasteiger partial charge on any atom is 0.276 e. The van der Waals surface area contributed by atoms with Crippen LogP contribution in [0.15, 0.2) is 18.3 Å². The molecule has 2 aromatic rings. The monoisotopic (exact) mass is 431 g/mol. The number of rotatable bonds is 9. The van der Waals surface area contributed by atoms with Gasteiger partial charge in [-0.05, 0) is 39.3 Å². The van der Waals surface area contributed by atoms with Gasteiger partial charge in [0.1, 0.15) is 5.75 Å². The Morgan fingerprint density at radius 2 is 1.77 bits per heavy atom. The van der Waals surface area contributed by atoms with E-state index in [0.29, 0.717) is 30.3 Å². The molecule has 1 saturated heterocycles. The molecule has 1 amide bonds. The Morgan fingerprint density at radius 1 is 1.10 bits per heavy atom. The number of benzene rings is 1. The van der Waals surface area contributed by atoms with Crippen molar-refractivity contribution in [3.8, 4) is 17.2 Å². The zero-order valence-corrected chi connectivity index (χ0v) is 19.1. The summed E-state index contributed by atoms with van der Waals surface area (Å²) < 4.78 is 18.3. The fraction of sp³-hybridized carbons (Fsp3) is 0.591. The number of amides is 1. The molecule has 1 aliphatic rings. The maximum atomic E-state index is 12.6. The van der Waals surface area contributed by atoms with Crippen LogP contribution in [0.3, 0.4) is 0 Å². The van der Waals surface area contributed by atoms with Crippen LogP contribution in [0.5, 0.6) is 17.2 Å². The number of hydrogen-bond acceptors (Lipinski definition) is 7. The molecule has 9 heteroatoms. The molecule has 0 bridgehead atoms. The maximum absolute atomic E-state index is 12.6. The van der Waals surface area contributed by atoms with Crippen LogP contribution in [-0.2, 0) is 6.54 Å². The number of ether oxygens (including phenoxy) is 3. The summed E-state index contributed by atoms with van der Waals surface area (Å²) in [7, 11) is 4.91. The first-order valence-corrected chi connectivity index (χ1v) is 10.8. The van der Waals surface area contributed by atoms with Crippen molar-refractivity contribution in [3.63, 3.8) is 0 Å². The second kappa shape index (κ2) is 10.5. The van der Waals surface area contributed by atoms with Gasteiger partial charge in [0.05, 0.1) is 33.6 Å². The van der Waals surface area contributed by atoms with E-state index in [4.69, 9.17) is 14.2 Å². The SMILES string of the molecule is CCN(CC)C(=O)c1cn([C@H]2CCCN(Cc3cc(OC)c(OC)cc3OC)C2)nn1. The first kappa shape index (κ1) is 22.9. The van der Waals surface area contributed by atoms with Gasteiger partial charge in [0.2, 0.25) is 0 Å². The number of carbonyl (C=O) groups excluding carboxylic acids is 1. The minimum Gasteiger partial charge on any atom is -0.496 e. The smallest absolute Gasteiger partial charge is 0.276 e. The van der Waals surface area contributed by atoms with E-state index < -0.39 is 0 Å². The molecule has 9 nitrogen and oxygen atoms in total. The predicted octanol–water partition coefficient (Wildman–Crippen LogP) is 2.62. The lowest BCUT2D eigenvalue weighted by atomic mass is 10.0. The largest absolute Gasteiger partial charge is 0.496 e. The van der Waals surface area contributed by atoms with Crippen LogP contribution in [-0.4, -0.2) is 78.2 Å². The van der Waals surface area contributed by atoms with Gasteiger partial charge in [0.15, 0.2) is 17.2 Å². The van der Waals surface area contributed by atoms with Gasteiger partial charge in [-0.25, -0.2) is 4.68 Å². The van der Waals surface area contributed by atoms with Crippen LogP contribution in [0.4, 0.5) is 0 Å². The first-order valence-electron chi connectivity index (χ1n) is 10.8. The Kier molecular flexibility index (Phi) is 7.73. The van der Waals surface area contributed by atoms with Crippen molar-refractivity contribution >= 4 is 5.91 Å².